The molecule has 0 fully saturated rings. The summed E-state index contributed by atoms with van der Waals surface area (Å²) < 4.78 is 3.18. The van der Waals surface area contributed by atoms with Crippen LogP contribution in [0.5, 0.6) is 0 Å². The molecule has 0 unspecified atom stereocenters. The van der Waals surface area contributed by atoms with Gasteiger partial charge < -0.3 is 4.57 Å². The number of imidazole rings is 1. The molecule has 2 aromatic heterocycles. The topological polar surface area (TPSA) is 72.7 Å². The summed E-state index contributed by atoms with van der Waals surface area (Å²) >= 11 is 1.56. The lowest BCUT2D eigenvalue weighted by atomic mass is 10.3. The number of hydrogen-bond acceptors (Lipinski definition) is 4. The summed E-state index contributed by atoms with van der Waals surface area (Å²) in [6, 6.07) is 0. The van der Waals surface area contributed by atoms with Gasteiger partial charge in [-0.05, 0) is 6.92 Å². The maximum absolute atomic E-state index is 12.1. The molecule has 20 heavy (non-hydrogen) atoms. The van der Waals surface area contributed by atoms with Crippen LogP contribution in [0, 0.1) is 0 Å². The smallest absolute Gasteiger partial charge is 0.309 e. The first-order chi connectivity index (χ1) is 9.31. The second-order valence-electron chi connectivity index (χ2n) is 5.09. The van der Waals surface area contributed by atoms with Gasteiger partial charge in [0.15, 0.2) is 16.3 Å². The van der Waals surface area contributed by atoms with Crippen molar-refractivity contribution in [1.82, 2.24) is 19.1 Å². The fourth-order valence-corrected chi connectivity index (χ4v) is 2.78. The first-order valence-electron chi connectivity index (χ1n) is 6.31. The van der Waals surface area contributed by atoms with E-state index in [0.29, 0.717) is 23.0 Å². The number of fused-ring (bicyclic) bond motifs is 1. The number of nitrogens with zero attached hydrogens (tertiary/aromatic N) is 3. The lowest BCUT2D eigenvalue weighted by molar-refractivity contribution is 0.717. The maximum Gasteiger partial charge on any atom is 0.329 e. The molecule has 0 saturated carbocycles. The van der Waals surface area contributed by atoms with Crippen LogP contribution in [0.25, 0.3) is 11.2 Å². The van der Waals surface area contributed by atoms with E-state index in [1.807, 2.05) is 11.5 Å². The molecule has 0 aliphatic carbocycles. The first kappa shape index (κ1) is 14.6. The van der Waals surface area contributed by atoms with Crippen molar-refractivity contribution in [2.45, 2.75) is 37.7 Å². The van der Waals surface area contributed by atoms with Crippen LogP contribution in [0.15, 0.2) is 26.9 Å². The molecule has 108 valence electrons. The fourth-order valence-electron chi connectivity index (χ4n) is 1.93. The fraction of sp³-hybridized carbons (Fsp3) is 0.462. The van der Waals surface area contributed by atoms with Crippen LogP contribution in [-0.4, -0.2) is 24.4 Å². The van der Waals surface area contributed by atoms with E-state index >= 15 is 0 Å². The lowest BCUT2D eigenvalue weighted by Gasteiger charge is -2.09. The molecule has 0 bridgehead atoms. The molecule has 2 aromatic rings. The van der Waals surface area contributed by atoms with Crippen LogP contribution in [0.4, 0.5) is 0 Å². The number of rotatable bonds is 4. The normalized spacial score (nSPS) is 11.4. The van der Waals surface area contributed by atoms with Gasteiger partial charge in [0.05, 0.1) is 0 Å². The van der Waals surface area contributed by atoms with Crippen LogP contribution in [0.3, 0.4) is 0 Å². The Balaban J connectivity index is 2.82. The SMILES string of the molecule is C=C(C)Cn1c(SC(C)C)nc2c1c(=O)[nH]c(=O)n2C. The van der Waals surface area contributed by atoms with E-state index in [0.717, 1.165) is 10.7 Å². The summed E-state index contributed by atoms with van der Waals surface area (Å²) in [6.07, 6.45) is 0. The van der Waals surface area contributed by atoms with Crippen LogP contribution in [0.1, 0.15) is 20.8 Å². The van der Waals surface area contributed by atoms with E-state index in [-0.39, 0.29) is 0 Å². The van der Waals surface area contributed by atoms with Gasteiger partial charge in [-0.15, -0.1) is 0 Å². The van der Waals surface area contributed by atoms with Gasteiger partial charge in [-0.1, -0.05) is 37.8 Å². The number of aromatic amines is 1. The summed E-state index contributed by atoms with van der Waals surface area (Å²) in [5.41, 5.74) is 0.876. The third-order valence-electron chi connectivity index (χ3n) is 2.74. The summed E-state index contributed by atoms with van der Waals surface area (Å²) in [5.74, 6) is 0. The molecule has 2 rings (SSSR count). The lowest BCUT2D eigenvalue weighted by Crippen LogP contribution is -2.29. The minimum absolute atomic E-state index is 0.326. The second-order valence-corrected chi connectivity index (χ2v) is 6.64. The number of allylic oxidation sites excluding steroid dienone is 1. The Morgan fingerprint density at radius 1 is 1.45 bits per heavy atom. The van der Waals surface area contributed by atoms with Crippen LogP contribution >= 0.6 is 11.8 Å². The Kier molecular flexibility index (Phi) is 3.89. The highest BCUT2D eigenvalue weighted by Gasteiger charge is 2.18. The minimum atomic E-state index is -0.455. The van der Waals surface area contributed by atoms with E-state index in [4.69, 9.17) is 0 Å². The van der Waals surface area contributed by atoms with Crippen molar-refractivity contribution in [3.05, 3.63) is 33.0 Å². The Labute approximate surface area is 120 Å². The molecule has 2 heterocycles. The van der Waals surface area contributed by atoms with E-state index in [1.165, 1.54) is 4.57 Å². The molecular formula is C13H18N4O2S. The molecule has 0 amide bonds. The van der Waals surface area contributed by atoms with Crippen LogP contribution in [-0.2, 0) is 13.6 Å². The molecule has 0 aliphatic rings. The quantitative estimate of drug-likeness (QED) is 0.685. The minimum Gasteiger partial charge on any atom is -0.309 e. The summed E-state index contributed by atoms with van der Waals surface area (Å²) in [5, 5.41) is 1.05. The zero-order chi connectivity index (χ0) is 15.0. The van der Waals surface area contributed by atoms with E-state index in [1.54, 1.807) is 18.8 Å². The van der Waals surface area contributed by atoms with Gasteiger partial charge in [0.2, 0.25) is 0 Å². The number of aromatic nitrogens is 4. The Bertz CT molecular complexity index is 782. The van der Waals surface area contributed by atoms with Crippen molar-refractivity contribution in [2.75, 3.05) is 0 Å². The van der Waals surface area contributed by atoms with Crippen molar-refractivity contribution in [2.24, 2.45) is 7.05 Å². The molecule has 6 nitrogen and oxygen atoms in total. The molecule has 0 radical (unpaired) electrons. The number of H-pyrrole nitrogens is 1. The third-order valence-corrected chi connectivity index (χ3v) is 3.74. The molecule has 0 saturated heterocycles. The van der Waals surface area contributed by atoms with Crippen molar-refractivity contribution in [1.29, 1.82) is 0 Å². The van der Waals surface area contributed by atoms with Gasteiger partial charge in [-0.3, -0.25) is 14.3 Å². The maximum atomic E-state index is 12.1. The number of aryl methyl sites for hydroxylation is 1. The van der Waals surface area contributed by atoms with Gasteiger partial charge in [0, 0.05) is 18.8 Å². The largest absolute Gasteiger partial charge is 0.329 e. The summed E-state index contributed by atoms with van der Waals surface area (Å²) in [4.78, 5) is 30.5. The van der Waals surface area contributed by atoms with E-state index in [9.17, 15) is 9.59 Å². The molecule has 0 spiro atoms. The van der Waals surface area contributed by atoms with Crippen molar-refractivity contribution in [3.8, 4) is 0 Å². The predicted octanol–water partition coefficient (Wildman–Crippen LogP) is 1.50. The summed E-state index contributed by atoms with van der Waals surface area (Å²) in [6.45, 7) is 10.4. The zero-order valence-electron chi connectivity index (χ0n) is 12.1. The van der Waals surface area contributed by atoms with Gasteiger partial charge in [-0.2, -0.15) is 0 Å². The predicted molar refractivity (Wildman–Crippen MR) is 81.4 cm³/mol. The number of thioether (sulfide) groups is 1. The average Bonchev–Trinajstić information content (AvgIpc) is 2.64. The monoisotopic (exact) mass is 294 g/mol. The zero-order valence-corrected chi connectivity index (χ0v) is 12.9. The number of hydrogen-bond donors (Lipinski definition) is 1. The Morgan fingerprint density at radius 2 is 2.10 bits per heavy atom. The molecule has 1 N–H and O–H groups in total. The van der Waals surface area contributed by atoms with Crippen molar-refractivity contribution >= 4 is 22.9 Å². The second kappa shape index (κ2) is 5.32. The first-order valence-corrected chi connectivity index (χ1v) is 7.19. The molecule has 0 aromatic carbocycles. The van der Waals surface area contributed by atoms with E-state index in [2.05, 4.69) is 30.4 Å². The standard InChI is InChI=1S/C13H18N4O2S/c1-7(2)6-17-9-10(14-13(17)20-8(3)4)16(5)12(19)15-11(9)18/h8H,1,6H2,2-5H3,(H,15,18,19). The van der Waals surface area contributed by atoms with Crippen LogP contribution < -0.4 is 11.2 Å². The van der Waals surface area contributed by atoms with Crippen molar-refractivity contribution in [3.63, 3.8) is 0 Å². The highest BCUT2D eigenvalue weighted by Crippen LogP contribution is 2.25. The van der Waals surface area contributed by atoms with Crippen molar-refractivity contribution < 1.29 is 0 Å². The molecule has 7 heteroatoms. The van der Waals surface area contributed by atoms with Crippen LogP contribution in [0.2, 0.25) is 0 Å². The number of nitrogens with one attached hydrogen (secondary N) is 1. The third kappa shape index (κ3) is 2.58. The Hall–Kier alpha value is -1.76. The summed E-state index contributed by atoms with van der Waals surface area (Å²) in [7, 11) is 1.60. The van der Waals surface area contributed by atoms with Gasteiger partial charge in [-0.25, -0.2) is 9.78 Å². The van der Waals surface area contributed by atoms with Gasteiger partial charge in [0.1, 0.15) is 0 Å². The Morgan fingerprint density at radius 3 is 2.65 bits per heavy atom. The van der Waals surface area contributed by atoms with E-state index < -0.39 is 11.2 Å². The molecule has 0 atom stereocenters. The highest BCUT2D eigenvalue weighted by atomic mass is 32.2. The molecular weight excluding hydrogens is 276 g/mol. The average molecular weight is 294 g/mol. The highest BCUT2D eigenvalue weighted by molar-refractivity contribution is 7.99. The van der Waals surface area contributed by atoms with Gasteiger partial charge >= 0.3 is 5.69 Å². The van der Waals surface area contributed by atoms with Gasteiger partial charge in [0.25, 0.3) is 5.56 Å². The molecule has 0 aliphatic heterocycles.